The van der Waals surface area contributed by atoms with Crippen molar-refractivity contribution in [1.82, 2.24) is 10.2 Å². The fourth-order valence-corrected chi connectivity index (χ4v) is 3.04. The third-order valence-electron chi connectivity index (χ3n) is 4.24. The number of aliphatic imine (C=N–C) groups is 1. The largest absolute Gasteiger partial charge is 0.370 e. The molecule has 1 aromatic carbocycles. The summed E-state index contributed by atoms with van der Waals surface area (Å²) in [6, 6.07) is 5.60. The molecule has 1 saturated carbocycles. The fourth-order valence-electron chi connectivity index (χ4n) is 3.04. The third-order valence-corrected chi connectivity index (χ3v) is 4.24. The SMILES string of the molecule is CN(C)Cc1cc(CN=C(N)NC2CCCCCC2)ccc1F.I. The summed E-state index contributed by atoms with van der Waals surface area (Å²) in [6.45, 7) is 1.06. The van der Waals surface area contributed by atoms with Crippen LogP contribution in [0.1, 0.15) is 49.7 Å². The van der Waals surface area contributed by atoms with E-state index in [0.29, 0.717) is 30.7 Å². The van der Waals surface area contributed by atoms with Gasteiger partial charge in [-0.2, -0.15) is 0 Å². The van der Waals surface area contributed by atoms with Crippen LogP contribution in [-0.4, -0.2) is 31.0 Å². The molecule has 136 valence electrons. The maximum Gasteiger partial charge on any atom is 0.189 e. The molecule has 0 radical (unpaired) electrons. The van der Waals surface area contributed by atoms with Crippen molar-refractivity contribution in [3.8, 4) is 0 Å². The highest BCUT2D eigenvalue weighted by molar-refractivity contribution is 14.0. The van der Waals surface area contributed by atoms with E-state index in [9.17, 15) is 4.39 Å². The van der Waals surface area contributed by atoms with E-state index in [1.165, 1.54) is 44.6 Å². The maximum atomic E-state index is 13.8. The number of rotatable bonds is 5. The summed E-state index contributed by atoms with van der Waals surface area (Å²) >= 11 is 0. The maximum absolute atomic E-state index is 13.8. The molecule has 1 fully saturated rings. The normalized spacial score (nSPS) is 16.6. The van der Waals surface area contributed by atoms with Crippen LogP contribution >= 0.6 is 24.0 Å². The van der Waals surface area contributed by atoms with Crippen LogP contribution in [0, 0.1) is 5.82 Å². The lowest BCUT2D eigenvalue weighted by molar-refractivity contribution is 0.392. The molecule has 0 aromatic heterocycles. The first kappa shape index (κ1) is 21.2. The molecule has 24 heavy (non-hydrogen) atoms. The summed E-state index contributed by atoms with van der Waals surface area (Å²) in [7, 11) is 3.86. The van der Waals surface area contributed by atoms with Gasteiger partial charge in [0, 0.05) is 18.2 Å². The van der Waals surface area contributed by atoms with E-state index >= 15 is 0 Å². The number of hydrogen-bond acceptors (Lipinski definition) is 2. The van der Waals surface area contributed by atoms with Crippen LogP contribution < -0.4 is 11.1 Å². The van der Waals surface area contributed by atoms with Crippen molar-refractivity contribution in [2.24, 2.45) is 10.7 Å². The van der Waals surface area contributed by atoms with E-state index in [-0.39, 0.29) is 29.8 Å². The highest BCUT2D eigenvalue weighted by Gasteiger charge is 2.12. The molecule has 2 rings (SSSR count). The minimum atomic E-state index is -0.170. The second kappa shape index (κ2) is 10.9. The van der Waals surface area contributed by atoms with Crippen LogP contribution in [0.2, 0.25) is 0 Å². The van der Waals surface area contributed by atoms with Crippen LogP contribution in [-0.2, 0) is 13.1 Å². The summed E-state index contributed by atoms with van der Waals surface area (Å²) in [5.74, 6) is 0.325. The van der Waals surface area contributed by atoms with E-state index in [1.807, 2.05) is 25.1 Å². The highest BCUT2D eigenvalue weighted by atomic mass is 127. The Kier molecular flexibility index (Phi) is 9.58. The topological polar surface area (TPSA) is 53.6 Å². The van der Waals surface area contributed by atoms with Gasteiger partial charge in [0.15, 0.2) is 5.96 Å². The molecule has 0 spiro atoms. The molecule has 0 unspecified atom stereocenters. The van der Waals surface area contributed by atoms with Gasteiger partial charge in [0.05, 0.1) is 6.54 Å². The van der Waals surface area contributed by atoms with Gasteiger partial charge in [-0.25, -0.2) is 9.38 Å². The zero-order chi connectivity index (χ0) is 16.7. The standard InChI is InChI=1S/C18H29FN4.HI/c1-23(2)13-15-11-14(9-10-17(15)19)12-21-18(20)22-16-7-5-3-4-6-8-16;/h9-11,16H,3-8,12-13H2,1-2H3,(H3,20,21,22);1H. The molecule has 4 nitrogen and oxygen atoms in total. The third kappa shape index (κ3) is 7.34. The molecule has 0 heterocycles. The number of nitrogens with two attached hydrogens (primary N) is 1. The number of hydrogen-bond donors (Lipinski definition) is 2. The first-order valence-corrected chi connectivity index (χ1v) is 8.53. The first-order valence-electron chi connectivity index (χ1n) is 8.53. The van der Waals surface area contributed by atoms with Gasteiger partial charge < -0.3 is 16.0 Å². The summed E-state index contributed by atoms with van der Waals surface area (Å²) in [6.07, 6.45) is 7.49. The van der Waals surface area contributed by atoms with Crippen LogP contribution in [0.3, 0.4) is 0 Å². The molecule has 0 aliphatic heterocycles. The number of nitrogens with zero attached hydrogens (tertiary/aromatic N) is 2. The van der Waals surface area contributed by atoms with E-state index < -0.39 is 0 Å². The lowest BCUT2D eigenvalue weighted by atomic mass is 10.1. The van der Waals surface area contributed by atoms with Crippen LogP contribution in [0.15, 0.2) is 23.2 Å². The minimum absolute atomic E-state index is 0. The van der Waals surface area contributed by atoms with Crippen LogP contribution in [0.4, 0.5) is 4.39 Å². The fraction of sp³-hybridized carbons (Fsp3) is 0.611. The molecule has 3 N–H and O–H groups in total. The summed E-state index contributed by atoms with van der Waals surface area (Å²) in [5.41, 5.74) is 7.68. The Labute approximate surface area is 162 Å². The average Bonchev–Trinajstić information content (AvgIpc) is 2.76. The lowest BCUT2D eigenvalue weighted by Gasteiger charge is -2.16. The second-order valence-electron chi connectivity index (χ2n) is 6.70. The highest BCUT2D eigenvalue weighted by Crippen LogP contribution is 2.17. The Morgan fingerprint density at radius 2 is 1.92 bits per heavy atom. The van der Waals surface area contributed by atoms with Crippen molar-refractivity contribution in [3.63, 3.8) is 0 Å². The van der Waals surface area contributed by atoms with Crippen molar-refractivity contribution in [2.75, 3.05) is 14.1 Å². The number of guanidine groups is 1. The second-order valence-corrected chi connectivity index (χ2v) is 6.70. The van der Waals surface area contributed by atoms with Crippen LogP contribution in [0.5, 0.6) is 0 Å². The molecule has 1 aliphatic carbocycles. The van der Waals surface area contributed by atoms with Gasteiger partial charge in [0.1, 0.15) is 5.82 Å². The summed E-state index contributed by atoms with van der Waals surface area (Å²) < 4.78 is 13.8. The van der Waals surface area contributed by atoms with Gasteiger partial charge in [-0.05, 0) is 44.6 Å². The monoisotopic (exact) mass is 448 g/mol. The lowest BCUT2D eigenvalue weighted by Crippen LogP contribution is -2.39. The number of benzene rings is 1. The van der Waals surface area contributed by atoms with Gasteiger partial charge in [-0.3, -0.25) is 0 Å². The Hall–Kier alpha value is -0.890. The average molecular weight is 448 g/mol. The Bertz CT molecular complexity index is 526. The smallest absolute Gasteiger partial charge is 0.189 e. The molecular weight excluding hydrogens is 418 g/mol. The van der Waals surface area contributed by atoms with Crippen molar-refractivity contribution in [3.05, 3.63) is 35.1 Å². The van der Waals surface area contributed by atoms with Gasteiger partial charge in [-0.15, -0.1) is 24.0 Å². The first-order chi connectivity index (χ1) is 11.0. The summed E-state index contributed by atoms with van der Waals surface area (Å²) in [4.78, 5) is 6.37. The molecular formula is C18H30FIN4. The molecule has 0 saturated heterocycles. The zero-order valence-corrected chi connectivity index (χ0v) is 17.1. The Morgan fingerprint density at radius 3 is 2.54 bits per heavy atom. The summed E-state index contributed by atoms with van der Waals surface area (Å²) in [5, 5.41) is 3.33. The van der Waals surface area contributed by atoms with Gasteiger partial charge in [-0.1, -0.05) is 31.7 Å². The van der Waals surface area contributed by atoms with E-state index in [2.05, 4.69) is 10.3 Å². The Balaban J connectivity index is 0.00000288. The van der Waals surface area contributed by atoms with Gasteiger partial charge in [0.2, 0.25) is 0 Å². The predicted octanol–water partition coefficient (Wildman–Crippen LogP) is 3.63. The van der Waals surface area contributed by atoms with Crippen molar-refractivity contribution in [2.45, 2.75) is 57.7 Å². The van der Waals surface area contributed by atoms with Crippen molar-refractivity contribution in [1.29, 1.82) is 0 Å². The number of halogens is 2. The molecule has 1 aromatic rings. The van der Waals surface area contributed by atoms with Gasteiger partial charge in [0.25, 0.3) is 0 Å². The van der Waals surface area contributed by atoms with Crippen LogP contribution in [0.25, 0.3) is 0 Å². The zero-order valence-electron chi connectivity index (χ0n) is 14.7. The van der Waals surface area contributed by atoms with Crippen molar-refractivity contribution >= 4 is 29.9 Å². The molecule has 0 atom stereocenters. The quantitative estimate of drug-likeness (QED) is 0.313. The molecule has 0 amide bonds. The molecule has 6 heteroatoms. The van der Waals surface area contributed by atoms with E-state index in [0.717, 1.165) is 5.56 Å². The molecule has 0 bridgehead atoms. The molecule has 1 aliphatic rings. The number of nitrogens with one attached hydrogen (secondary N) is 1. The van der Waals surface area contributed by atoms with E-state index in [4.69, 9.17) is 5.73 Å². The van der Waals surface area contributed by atoms with Gasteiger partial charge >= 0.3 is 0 Å². The minimum Gasteiger partial charge on any atom is -0.370 e. The Morgan fingerprint density at radius 1 is 1.25 bits per heavy atom. The van der Waals surface area contributed by atoms with E-state index in [1.54, 1.807) is 6.07 Å². The predicted molar refractivity (Wildman–Crippen MR) is 109 cm³/mol. The van der Waals surface area contributed by atoms with Crippen molar-refractivity contribution < 1.29 is 4.39 Å².